The topological polar surface area (TPSA) is 88.9 Å². The number of aryl methyl sites for hydroxylation is 1. The second-order valence-corrected chi connectivity index (χ2v) is 9.05. The van der Waals surface area contributed by atoms with Crippen LogP contribution in [0.5, 0.6) is 0 Å². The van der Waals surface area contributed by atoms with Crippen molar-refractivity contribution in [1.29, 1.82) is 0 Å². The van der Waals surface area contributed by atoms with Gasteiger partial charge in [0.1, 0.15) is 24.0 Å². The van der Waals surface area contributed by atoms with Crippen molar-refractivity contribution in [1.82, 2.24) is 25.4 Å². The lowest BCUT2D eigenvalue weighted by Crippen LogP contribution is -2.44. The maximum Gasteiger partial charge on any atom is 0.237 e. The Morgan fingerprint density at radius 1 is 1.18 bits per heavy atom. The highest BCUT2D eigenvalue weighted by atomic mass is 19.1. The van der Waals surface area contributed by atoms with E-state index in [0.717, 1.165) is 13.0 Å². The van der Waals surface area contributed by atoms with E-state index in [2.05, 4.69) is 20.8 Å². The van der Waals surface area contributed by atoms with Gasteiger partial charge in [-0.3, -0.25) is 9.59 Å². The number of benzene rings is 2. The lowest BCUT2D eigenvalue weighted by atomic mass is 9.87. The number of carbonyl (C=O) groups is 2. The third kappa shape index (κ3) is 4.92. The number of aromatic nitrogens is 3. The van der Waals surface area contributed by atoms with Crippen molar-refractivity contribution in [2.75, 3.05) is 6.54 Å². The molecule has 1 aromatic heterocycles. The molecule has 2 aromatic carbocycles. The van der Waals surface area contributed by atoms with Crippen LogP contribution in [0.1, 0.15) is 55.6 Å². The first-order valence-electron chi connectivity index (χ1n) is 11.6. The third-order valence-corrected chi connectivity index (χ3v) is 6.32. The third-order valence-electron chi connectivity index (χ3n) is 6.32. The first kappa shape index (κ1) is 23.8. The Labute approximate surface area is 198 Å². The smallest absolute Gasteiger partial charge is 0.237 e. The molecule has 3 aromatic rings. The summed E-state index contributed by atoms with van der Waals surface area (Å²) in [5.74, 6) is -0.480. The van der Waals surface area contributed by atoms with E-state index in [9.17, 15) is 9.59 Å². The monoisotopic (exact) mass is 463 g/mol. The molecule has 2 N–H and O–H groups in total. The number of ketones is 1. The Bertz CT molecular complexity index is 1170. The lowest BCUT2D eigenvalue weighted by molar-refractivity contribution is -0.128. The van der Waals surface area contributed by atoms with Crippen molar-refractivity contribution in [3.63, 3.8) is 0 Å². The van der Waals surface area contributed by atoms with Crippen LogP contribution in [0.25, 0.3) is 11.1 Å². The molecule has 2 heterocycles. The Balaban J connectivity index is 1.81. The highest BCUT2D eigenvalue weighted by molar-refractivity contribution is 5.94. The van der Waals surface area contributed by atoms with Gasteiger partial charge in [0, 0.05) is 12.6 Å². The van der Waals surface area contributed by atoms with Gasteiger partial charge in [0.25, 0.3) is 0 Å². The molecule has 1 saturated heterocycles. The molecule has 2 atom stereocenters. The second-order valence-electron chi connectivity index (χ2n) is 9.05. The van der Waals surface area contributed by atoms with Crippen LogP contribution in [0.3, 0.4) is 0 Å². The predicted molar refractivity (Wildman–Crippen MR) is 128 cm³/mol. The van der Waals surface area contributed by atoms with Crippen LogP contribution in [-0.2, 0) is 23.1 Å². The average Bonchev–Trinajstić information content (AvgIpc) is 3.50. The van der Waals surface area contributed by atoms with E-state index < -0.39 is 6.04 Å². The molecule has 0 bridgehead atoms. The molecule has 4 rings (SSSR count). The number of carbonyl (C=O) groups excluding carboxylic acids is 2. The summed E-state index contributed by atoms with van der Waals surface area (Å²) in [5.41, 5.74) is 1.99. The van der Waals surface area contributed by atoms with E-state index in [-0.39, 0.29) is 35.9 Å². The van der Waals surface area contributed by atoms with Crippen molar-refractivity contribution >= 4 is 11.7 Å². The van der Waals surface area contributed by atoms with Gasteiger partial charge in [0.05, 0.1) is 12.5 Å². The van der Waals surface area contributed by atoms with Crippen LogP contribution in [0.2, 0.25) is 0 Å². The predicted octanol–water partition coefficient (Wildman–Crippen LogP) is 3.47. The van der Waals surface area contributed by atoms with Gasteiger partial charge in [-0.2, -0.15) is 0 Å². The van der Waals surface area contributed by atoms with Gasteiger partial charge >= 0.3 is 0 Å². The molecule has 0 saturated carbocycles. The quantitative estimate of drug-likeness (QED) is 0.534. The van der Waals surface area contributed by atoms with Crippen LogP contribution in [-0.4, -0.2) is 39.0 Å². The number of halogens is 1. The second kappa shape index (κ2) is 10.3. The van der Waals surface area contributed by atoms with Gasteiger partial charge in [-0.15, -0.1) is 10.2 Å². The Morgan fingerprint density at radius 3 is 2.53 bits per heavy atom. The molecule has 1 fully saturated rings. The zero-order valence-electron chi connectivity index (χ0n) is 19.7. The highest BCUT2D eigenvalue weighted by Gasteiger charge is 2.32. The largest absolute Gasteiger partial charge is 0.341 e. The first-order chi connectivity index (χ1) is 16.4. The van der Waals surface area contributed by atoms with E-state index in [0.29, 0.717) is 34.5 Å². The SMILES string of the molecule is CC(C)c1ccc(C(NC(=O)C2CCCN2)C(=O)Cc2nncn2C)c(-c2ccccc2)c1F. The van der Waals surface area contributed by atoms with Crippen LogP contribution in [0, 0.1) is 5.82 Å². The van der Waals surface area contributed by atoms with Gasteiger partial charge in [-0.25, -0.2) is 4.39 Å². The molecule has 0 radical (unpaired) electrons. The maximum absolute atomic E-state index is 15.9. The fourth-order valence-electron chi connectivity index (χ4n) is 4.40. The first-order valence-corrected chi connectivity index (χ1v) is 11.6. The van der Waals surface area contributed by atoms with Gasteiger partial charge in [-0.05, 0) is 42.0 Å². The molecule has 0 aliphatic carbocycles. The van der Waals surface area contributed by atoms with Crippen LogP contribution in [0.15, 0.2) is 48.8 Å². The summed E-state index contributed by atoms with van der Waals surface area (Å²) in [4.78, 5) is 26.6. The minimum Gasteiger partial charge on any atom is -0.341 e. The summed E-state index contributed by atoms with van der Waals surface area (Å²) in [7, 11) is 1.76. The number of hydrogen-bond acceptors (Lipinski definition) is 5. The van der Waals surface area contributed by atoms with E-state index in [1.807, 2.05) is 44.2 Å². The fourth-order valence-corrected chi connectivity index (χ4v) is 4.40. The Hall–Kier alpha value is -3.39. The van der Waals surface area contributed by atoms with E-state index in [1.165, 1.54) is 6.33 Å². The van der Waals surface area contributed by atoms with Crippen LogP contribution < -0.4 is 10.6 Å². The number of Topliss-reactive ketones (excluding diaryl/α,β-unsaturated/α-hetero) is 1. The molecular weight excluding hydrogens is 433 g/mol. The average molecular weight is 464 g/mol. The van der Waals surface area contributed by atoms with E-state index in [4.69, 9.17) is 0 Å². The van der Waals surface area contributed by atoms with Crippen molar-refractivity contribution in [3.8, 4) is 11.1 Å². The minimum atomic E-state index is -1.03. The van der Waals surface area contributed by atoms with Gasteiger partial charge in [0.15, 0.2) is 5.78 Å². The van der Waals surface area contributed by atoms with E-state index in [1.54, 1.807) is 23.7 Å². The normalized spacial score (nSPS) is 16.6. The van der Waals surface area contributed by atoms with Gasteiger partial charge in [0.2, 0.25) is 5.91 Å². The molecule has 1 aliphatic rings. The summed E-state index contributed by atoms with van der Waals surface area (Å²) in [6, 6.07) is 11.2. The number of nitrogens with zero attached hydrogens (tertiary/aromatic N) is 3. The highest BCUT2D eigenvalue weighted by Crippen LogP contribution is 2.36. The van der Waals surface area contributed by atoms with E-state index >= 15 is 4.39 Å². The summed E-state index contributed by atoms with van der Waals surface area (Å²) >= 11 is 0. The standard InChI is InChI=1S/C26H30FN5O2/c1-16(2)18-11-12-19(23(24(18)27)17-8-5-4-6-9-17)25(30-26(34)20-10-7-13-28-20)21(33)14-22-31-29-15-32(22)3/h4-6,8-9,11-12,15-16,20,25,28H,7,10,13-14H2,1-3H3,(H,30,34). The lowest BCUT2D eigenvalue weighted by Gasteiger charge is -2.24. The number of nitrogens with one attached hydrogen (secondary N) is 2. The van der Waals surface area contributed by atoms with Crippen molar-refractivity contribution in [2.24, 2.45) is 7.05 Å². The molecule has 1 amide bonds. The summed E-state index contributed by atoms with van der Waals surface area (Å²) < 4.78 is 17.6. The summed E-state index contributed by atoms with van der Waals surface area (Å²) in [6.45, 7) is 4.61. The van der Waals surface area contributed by atoms with Crippen LogP contribution in [0.4, 0.5) is 4.39 Å². The summed E-state index contributed by atoms with van der Waals surface area (Å²) in [6.07, 6.45) is 3.07. The molecule has 1 aliphatic heterocycles. The molecule has 7 nitrogen and oxygen atoms in total. The molecule has 34 heavy (non-hydrogen) atoms. The zero-order valence-corrected chi connectivity index (χ0v) is 19.7. The molecular formula is C26H30FN5O2. The fraction of sp³-hybridized carbons (Fsp3) is 0.385. The van der Waals surface area contributed by atoms with Gasteiger partial charge < -0.3 is 15.2 Å². The number of amides is 1. The number of rotatable bonds is 8. The maximum atomic E-state index is 15.9. The van der Waals surface area contributed by atoms with Crippen molar-refractivity contribution in [3.05, 3.63) is 71.6 Å². The minimum absolute atomic E-state index is 0.0402. The molecule has 8 heteroatoms. The van der Waals surface area contributed by atoms with Crippen molar-refractivity contribution < 1.29 is 14.0 Å². The zero-order chi connectivity index (χ0) is 24.2. The molecule has 178 valence electrons. The molecule has 0 spiro atoms. The number of hydrogen-bond donors (Lipinski definition) is 2. The molecule has 2 unspecified atom stereocenters. The van der Waals surface area contributed by atoms with Crippen LogP contribution >= 0.6 is 0 Å². The van der Waals surface area contributed by atoms with Crippen molar-refractivity contribution in [2.45, 2.75) is 51.1 Å². The Morgan fingerprint density at radius 2 is 1.91 bits per heavy atom. The van der Waals surface area contributed by atoms with Gasteiger partial charge in [-0.1, -0.05) is 56.3 Å². The summed E-state index contributed by atoms with van der Waals surface area (Å²) in [5, 5.41) is 13.9. The Kier molecular flexibility index (Phi) is 7.17.